The predicted molar refractivity (Wildman–Crippen MR) is 305 cm³/mol. The summed E-state index contributed by atoms with van der Waals surface area (Å²) in [6, 6.07) is 28.9. The van der Waals surface area contributed by atoms with Crippen molar-refractivity contribution >= 4 is 22.9 Å². The molecule has 11 heteroatoms. The summed E-state index contributed by atoms with van der Waals surface area (Å²) in [6.45, 7) is 0.721. The van der Waals surface area contributed by atoms with Crippen molar-refractivity contribution in [3.63, 3.8) is 0 Å². The number of aliphatic hydroxyl groups is 3. The van der Waals surface area contributed by atoms with Crippen molar-refractivity contribution in [2.75, 3.05) is 26.9 Å². The van der Waals surface area contributed by atoms with E-state index in [-0.39, 0.29) is 91.3 Å². The number of aliphatic hydroxyl groups excluding tert-OH is 3. The molecule has 0 radical (unpaired) electrons. The van der Waals surface area contributed by atoms with Gasteiger partial charge in [0.05, 0.1) is 31.8 Å². The topological polar surface area (TPSA) is 162 Å². The number of hydrogen-bond acceptors (Lipinski definition) is 11. The van der Waals surface area contributed by atoms with E-state index in [1.165, 1.54) is 60.6 Å². The Labute approximate surface area is 470 Å². The Kier molecular flexibility index (Phi) is 15.7. The fraction of sp³-hybridized carbons (Fsp3) is 0.522. The first-order valence-electron chi connectivity index (χ1n) is 30.1. The fourth-order valence-corrected chi connectivity index (χ4v) is 16.5. The molecule has 4 aromatic carbocycles. The Morgan fingerprint density at radius 2 is 1.65 bits per heavy atom. The first-order valence-corrected chi connectivity index (χ1v) is 30.1. The molecule has 1 aromatic heterocycles. The summed E-state index contributed by atoms with van der Waals surface area (Å²) in [6.07, 6.45) is 13.2. The summed E-state index contributed by atoms with van der Waals surface area (Å²) < 4.78 is 33.4. The minimum Gasteiger partial charge on any atom is -0.481 e. The molecule has 420 valence electrons. The van der Waals surface area contributed by atoms with Crippen molar-refractivity contribution < 1.29 is 48.3 Å². The van der Waals surface area contributed by atoms with Gasteiger partial charge in [-0.1, -0.05) is 111 Å². The smallest absolute Gasteiger partial charge is 0.340 e. The molecule has 7 aliphatic rings. The van der Waals surface area contributed by atoms with Crippen LogP contribution in [-0.2, 0) is 55.1 Å². The molecule has 4 aliphatic carbocycles. The molecule has 9 atom stereocenters. The molecule has 11 nitrogen and oxygen atoms in total. The Bertz CT molecular complexity index is 3310. The van der Waals surface area contributed by atoms with Crippen molar-refractivity contribution in [3.8, 4) is 17.6 Å². The van der Waals surface area contributed by atoms with Gasteiger partial charge in [-0.3, -0.25) is 4.79 Å². The third-order valence-electron chi connectivity index (χ3n) is 20.4. The van der Waals surface area contributed by atoms with Gasteiger partial charge >= 0.3 is 17.6 Å². The molecule has 5 bridgehead atoms. The lowest BCUT2D eigenvalue weighted by Crippen LogP contribution is -2.60. The zero-order valence-corrected chi connectivity index (χ0v) is 46.7. The first-order chi connectivity index (χ1) is 39.1. The van der Waals surface area contributed by atoms with Crippen LogP contribution in [0.1, 0.15) is 196 Å². The van der Waals surface area contributed by atoms with Crippen molar-refractivity contribution in [1.82, 2.24) is 0 Å². The van der Waals surface area contributed by atoms with Gasteiger partial charge in [0.1, 0.15) is 11.3 Å². The van der Waals surface area contributed by atoms with Crippen molar-refractivity contribution in [3.05, 3.63) is 156 Å². The molecule has 3 saturated carbocycles. The average molecular weight is 1080 g/mol. The summed E-state index contributed by atoms with van der Waals surface area (Å²) in [4.78, 5) is 45.6. The Morgan fingerprint density at radius 3 is 2.48 bits per heavy atom. The molecule has 3 aliphatic heterocycles. The third-order valence-corrected chi connectivity index (χ3v) is 20.4. The lowest BCUT2D eigenvalue weighted by atomic mass is 9.54. The minimum atomic E-state index is -1.34. The molecule has 3 fully saturated rings. The highest BCUT2D eigenvalue weighted by atomic mass is 16.6. The number of methoxy groups -OCH3 is 1. The maximum absolute atomic E-state index is 15.7. The van der Waals surface area contributed by atoms with Crippen LogP contribution in [0.5, 0.6) is 5.75 Å². The van der Waals surface area contributed by atoms with Crippen LogP contribution in [-0.4, -0.2) is 65.9 Å². The average Bonchev–Trinajstić information content (AvgIpc) is 3.68. The maximum Gasteiger partial charge on any atom is 0.340 e. The van der Waals surface area contributed by atoms with Gasteiger partial charge in [-0.15, -0.1) is 0 Å². The second-order valence-corrected chi connectivity index (χ2v) is 24.6. The second-order valence-electron chi connectivity index (χ2n) is 24.6. The van der Waals surface area contributed by atoms with Crippen LogP contribution in [0.3, 0.4) is 0 Å². The summed E-state index contributed by atoms with van der Waals surface area (Å²) in [5.74, 6) is 6.29. The molecular formula is C69H78O11. The van der Waals surface area contributed by atoms with E-state index in [1.54, 1.807) is 19.1 Å². The number of esters is 2. The van der Waals surface area contributed by atoms with Crippen LogP contribution >= 0.6 is 0 Å². The lowest BCUT2D eigenvalue weighted by Gasteiger charge is -2.51. The highest BCUT2D eigenvalue weighted by molar-refractivity contribution is 5.90. The zero-order chi connectivity index (χ0) is 55.1. The Hall–Kier alpha value is -6.03. The Balaban J connectivity index is 1.02. The van der Waals surface area contributed by atoms with Crippen LogP contribution in [0.15, 0.2) is 99.2 Å². The normalized spacial score (nSPS) is 28.7. The summed E-state index contributed by atoms with van der Waals surface area (Å²) in [5.41, 5.74) is 8.61. The molecular weight excluding hydrogens is 1000 g/mol. The van der Waals surface area contributed by atoms with Crippen molar-refractivity contribution in [1.29, 1.82) is 0 Å². The first kappa shape index (κ1) is 54.6. The highest BCUT2D eigenvalue weighted by Crippen LogP contribution is 2.57. The van der Waals surface area contributed by atoms with E-state index < -0.39 is 47.9 Å². The lowest BCUT2D eigenvalue weighted by molar-refractivity contribution is -0.204. The monoisotopic (exact) mass is 1080 g/mol. The van der Waals surface area contributed by atoms with Crippen molar-refractivity contribution in [2.45, 2.75) is 183 Å². The van der Waals surface area contributed by atoms with Gasteiger partial charge in [0, 0.05) is 60.3 Å². The summed E-state index contributed by atoms with van der Waals surface area (Å²) in [7, 11) is 1.52. The molecule has 4 heterocycles. The van der Waals surface area contributed by atoms with E-state index >= 15 is 9.59 Å². The van der Waals surface area contributed by atoms with Gasteiger partial charge in [0.25, 0.3) is 0 Å². The number of fused-ring (bicyclic) bond motifs is 12. The standard InChI is InChI=1S/C69H78O11/c1-42(39-71)53-26-21-43-22-27-54-47(35-43)14-8-11-33-69(51-17-4-3-5-18-51)65(79-66(53)74)64(62-59(80-69)30-29-56-57(40-72)61(67(75)78-63(56)62)48(31-34-70)41-76-2)77-60(73)38-49-36-46(24-28-55(49)54)45-15-12-19-52(37-45)68-32-10-9-16-50(68)25-23-44-13-6-7-20-58(44)68/h6-7,12-13,15,19-20,22,27,29-30,35,37,46,48-51,55,64-65,70-72H,3-5,9-10,14,16-18,21,23-26,28,31-34,36,38-41H2,1-2H3. The SMILES string of the molecule is COCC(CCO)c1c(CO)c2ccc3c(c2oc1=O)C1OC(=O)CC2CC(c4cccc(C56CCCCC5CCc5ccccc56)c4)CCC2c2ccc4cc2CC#CCC(C2CCCCC2)(O3)C1OC(=O)C(=C(C)CO)CC4. The van der Waals surface area contributed by atoms with Crippen LogP contribution in [0.4, 0.5) is 0 Å². The molecule has 0 saturated heterocycles. The second kappa shape index (κ2) is 23.1. The maximum atomic E-state index is 15.7. The molecule has 9 unspecified atom stereocenters. The number of carbonyl (C=O) groups excluding carboxylic acids is 2. The van der Waals surface area contributed by atoms with Gasteiger partial charge in [0.15, 0.2) is 17.8 Å². The zero-order valence-electron chi connectivity index (χ0n) is 46.7. The van der Waals surface area contributed by atoms with E-state index in [9.17, 15) is 20.1 Å². The van der Waals surface area contributed by atoms with E-state index in [0.29, 0.717) is 46.6 Å². The summed E-state index contributed by atoms with van der Waals surface area (Å²) in [5, 5.41) is 32.4. The van der Waals surface area contributed by atoms with Gasteiger partial charge in [-0.05, 0) is 170 Å². The van der Waals surface area contributed by atoms with Gasteiger partial charge < -0.3 is 38.7 Å². The molecule has 80 heavy (non-hydrogen) atoms. The summed E-state index contributed by atoms with van der Waals surface area (Å²) >= 11 is 0. The largest absolute Gasteiger partial charge is 0.481 e. The Morgan fingerprint density at radius 1 is 0.812 bits per heavy atom. The number of aryl methyl sites for hydroxylation is 2. The quantitative estimate of drug-likeness (QED) is 0.0528. The number of benzene rings is 4. The van der Waals surface area contributed by atoms with E-state index in [0.717, 1.165) is 75.3 Å². The van der Waals surface area contributed by atoms with Crippen molar-refractivity contribution in [2.24, 2.45) is 17.8 Å². The van der Waals surface area contributed by atoms with Gasteiger partial charge in [0.2, 0.25) is 0 Å². The molecule has 0 spiro atoms. The molecule has 5 aromatic rings. The molecule has 0 amide bonds. The third kappa shape index (κ3) is 9.73. The van der Waals surface area contributed by atoms with Crippen LogP contribution in [0.2, 0.25) is 0 Å². The van der Waals surface area contributed by atoms with Crippen LogP contribution in [0.25, 0.3) is 11.0 Å². The predicted octanol–water partition coefficient (Wildman–Crippen LogP) is 12.0. The minimum absolute atomic E-state index is 0.0163. The van der Waals surface area contributed by atoms with Crippen LogP contribution in [0, 0.1) is 29.6 Å². The molecule has 3 N–H and O–H groups in total. The van der Waals surface area contributed by atoms with Crippen LogP contribution < -0.4 is 10.4 Å². The van der Waals surface area contributed by atoms with Gasteiger partial charge in [-0.25, -0.2) is 9.59 Å². The highest BCUT2D eigenvalue weighted by Gasteiger charge is 2.59. The van der Waals surface area contributed by atoms with E-state index in [2.05, 4.69) is 78.6 Å². The number of hydrogen-bond donors (Lipinski definition) is 3. The van der Waals surface area contributed by atoms with E-state index in [1.807, 2.05) is 0 Å². The molecule has 12 rings (SSSR count). The van der Waals surface area contributed by atoms with Gasteiger partial charge in [-0.2, -0.15) is 0 Å². The number of carbonyl (C=O) groups is 2. The van der Waals surface area contributed by atoms with E-state index in [4.69, 9.17) is 23.4 Å². The fourth-order valence-electron chi connectivity index (χ4n) is 16.5. The number of rotatable bonds is 10. The number of ether oxygens (including phenoxy) is 4.